The molecule has 2 amide bonds. The van der Waals surface area contributed by atoms with Gasteiger partial charge < -0.3 is 15.1 Å². The van der Waals surface area contributed by atoms with Gasteiger partial charge in [-0.25, -0.2) is 0 Å². The molecule has 0 unspecified atom stereocenters. The van der Waals surface area contributed by atoms with E-state index in [1.165, 1.54) is 5.56 Å². The summed E-state index contributed by atoms with van der Waals surface area (Å²) in [6.07, 6.45) is 6.83. The number of nitrogens with zero attached hydrogens (tertiary/aromatic N) is 3. The standard InChI is InChI=1S/C18H26N4O2/c1-14(23)22-10-7-20-17(13-22)18(24)21-8-4-15(5-9-21)11-16-3-2-6-19-12-16/h2-3,6,12,15,17,20H,4-5,7-11,13H2,1H3/t17-/m1/s1. The summed E-state index contributed by atoms with van der Waals surface area (Å²) < 4.78 is 0. The second kappa shape index (κ2) is 7.75. The molecule has 0 aliphatic carbocycles. The topological polar surface area (TPSA) is 65.5 Å². The van der Waals surface area contributed by atoms with Gasteiger partial charge in [-0.1, -0.05) is 6.07 Å². The van der Waals surface area contributed by atoms with Crippen molar-refractivity contribution < 1.29 is 9.59 Å². The Morgan fingerprint density at radius 3 is 2.71 bits per heavy atom. The number of likely N-dealkylation sites (tertiary alicyclic amines) is 1. The molecular weight excluding hydrogens is 304 g/mol. The number of hydrogen-bond acceptors (Lipinski definition) is 4. The number of piperidine rings is 1. The van der Waals surface area contributed by atoms with Crippen LogP contribution in [0.1, 0.15) is 25.3 Å². The van der Waals surface area contributed by atoms with Crippen molar-refractivity contribution >= 4 is 11.8 Å². The van der Waals surface area contributed by atoms with Crippen LogP contribution in [0.4, 0.5) is 0 Å². The largest absolute Gasteiger partial charge is 0.341 e. The van der Waals surface area contributed by atoms with E-state index in [-0.39, 0.29) is 17.9 Å². The maximum atomic E-state index is 12.7. The first-order chi connectivity index (χ1) is 11.6. The molecule has 0 spiro atoms. The molecule has 1 aromatic rings. The minimum atomic E-state index is -0.252. The maximum Gasteiger partial charge on any atom is 0.241 e. The van der Waals surface area contributed by atoms with Crippen molar-refractivity contribution in [2.75, 3.05) is 32.7 Å². The zero-order valence-corrected chi connectivity index (χ0v) is 14.3. The lowest BCUT2D eigenvalue weighted by molar-refractivity contribution is -0.138. The van der Waals surface area contributed by atoms with Gasteiger partial charge >= 0.3 is 0 Å². The summed E-state index contributed by atoms with van der Waals surface area (Å²) in [5, 5.41) is 3.26. The minimum absolute atomic E-state index is 0.0458. The quantitative estimate of drug-likeness (QED) is 0.885. The molecule has 6 nitrogen and oxygen atoms in total. The van der Waals surface area contributed by atoms with Crippen molar-refractivity contribution in [1.29, 1.82) is 0 Å². The van der Waals surface area contributed by atoms with Crippen LogP contribution < -0.4 is 5.32 Å². The molecule has 1 N–H and O–H groups in total. The summed E-state index contributed by atoms with van der Waals surface area (Å²) in [5.41, 5.74) is 1.27. The molecule has 1 atom stereocenters. The van der Waals surface area contributed by atoms with E-state index < -0.39 is 0 Å². The number of piperazine rings is 1. The Kier molecular flexibility index (Phi) is 5.45. The molecule has 0 aromatic carbocycles. The van der Waals surface area contributed by atoms with Crippen LogP contribution in [0.5, 0.6) is 0 Å². The zero-order valence-electron chi connectivity index (χ0n) is 14.3. The second-order valence-electron chi connectivity index (χ2n) is 6.81. The fraction of sp³-hybridized carbons (Fsp3) is 0.611. The highest BCUT2D eigenvalue weighted by molar-refractivity contribution is 5.83. The Labute approximate surface area is 143 Å². The summed E-state index contributed by atoms with van der Waals surface area (Å²) in [6.45, 7) is 5.05. The predicted octanol–water partition coefficient (Wildman–Crippen LogP) is 0.683. The number of amides is 2. The van der Waals surface area contributed by atoms with Crippen LogP contribution in [0, 0.1) is 5.92 Å². The average Bonchev–Trinajstić information content (AvgIpc) is 2.63. The molecule has 2 saturated heterocycles. The summed E-state index contributed by atoms with van der Waals surface area (Å²) >= 11 is 0. The molecule has 0 saturated carbocycles. The Balaban J connectivity index is 1.49. The Morgan fingerprint density at radius 1 is 1.25 bits per heavy atom. The summed E-state index contributed by atoms with van der Waals surface area (Å²) in [4.78, 5) is 32.1. The summed E-state index contributed by atoms with van der Waals surface area (Å²) in [6, 6.07) is 3.84. The van der Waals surface area contributed by atoms with E-state index in [4.69, 9.17) is 0 Å². The smallest absolute Gasteiger partial charge is 0.241 e. The Morgan fingerprint density at radius 2 is 2.04 bits per heavy atom. The average molecular weight is 330 g/mol. The molecule has 6 heteroatoms. The second-order valence-corrected chi connectivity index (χ2v) is 6.81. The van der Waals surface area contributed by atoms with Crippen LogP contribution in [0.2, 0.25) is 0 Å². The molecule has 2 aliphatic heterocycles. The fourth-order valence-electron chi connectivity index (χ4n) is 3.63. The molecule has 0 bridgehead atoms. The van der Waals surface area contributed by atoms with Gasteiger partial charge in [-0.15, -0.1) is 0 Å². The highest BCUT2D eigenvalue weighted by atomic mass is 16.2. The SMILES string of the molecule is CC(=O)N1CCN[C@@H](C(=O)N2CCC(Cc3cccnc3)CC2)C1. The molecule has 2 fully saturated rings. The predicted molar refractivity (Wildman–Crippen MR) is 91.3 cm³/mol. The monoisotopic (exact) mass is 330 g/mol. The van der Waals surface area contributed by atoms with E-state index in [0.717, 1.165) is 32.4 Å². The first-order valence-corrected chi connectivity index (χ1v) is 8.80. The van der Waals surface area contributed by atoms with Gasteiger partial charge in [0.1, 0.15) is 6.04 Å². The third-order valence-electron chi connectivity index (χ3n) is 5.09. The molecule has 24 heavy (non-hydrogen) atoms. The first kappa shape index (κ1) is 16.9. The van der Waals surface area contributed by atoms with Gasteiger partial charge in [0.15, 0.2) is 0 Å². The Hall–Kier alpha value is -1.95. The van der Waals surface area contributed by atoms with Crippen LogP contribution >= 0.6 is 0 Å². The number of carbonyl (C=O) groups is 2. The van der Waals surface area contributed by atoms with Crippen molar-refractivity contribution in [2.24, 2.45) is 5.92 Å². The maximum absolute atomic E-state index is 12.7. The van der Waals surface area contributed by atoms with E-state index >= 15 is 0 Å². The lowest BCUT2D eigenvalue weighted by Gasteiger charge is -2.38. The molecule has 0 radical (unpaired) electrons. The fourth-order valence-corrected chi connectivity index (χ4v) is 3.63. The molecule has 1 aromatic heterocycles. The van der Waals surface area contributed by atoms with E-state index in [2.05, 4.69) is 16.4 Å². The van der Waals surface area contributed by atoms with E-state index in [0.29, 0.717) is 25.6 Å². The highest BCUT2D eigenvalue weighted by Gasteiger charge is 2.31. The third-order valence-corrected chi connectivity index (χ3v) is 5.09. The van der Waals surface area contributed by atoms with Crippen LogP contribution in [0.15, 0.2) is 24.5 Å². The minimum Gasteiger partial charge on any atom is -0.341 e. The van der Waals surface area contributed by atoms with Crippen molar-refractivity contribution in [3.8, 4) is 0 Å². The van der Waals surface area contributed by atoms with Crippen LogP contribution in [-0.4, -0.2) is 65.4 Å². The summed E-state index contributed by atoms with van der Waals surface area (Å²) in [5.74, 6) is 0.802. The van der Waals surface area contributed by atoms with Crippen LogP contribution in [0.25, 0.3) is 0 Å². The number of carbonyl (C=O) groups excluding carboxylic acids is 2. The van der Waals surface area contributed by atoms with Crippen LogP contribution in [-0.2, 0) is 16.0 Å². The number of hydrogen-bond donors (Lipinski definition) is 1. The lowest BCUT2D eigenvalue weighted by Crippen LogP contribution is -2.59. The molecule has 130 valence electrons. The lowest BCUT2D eigenvalue weighted by atomic mass is 9.90. The van der Waals surface area contributed by atoms with E-state index in [1.54, 1.807) is 18.0 Å². The summed E-state index contributed by atoms with van der Waals surface area (Å²) in [7, 11) is 0. The van der Waals surface area contributed by atoms with E-state index in [9.17, 15) is 9.59 Å². The molecule has 3 rings (SSSR count). The first-order valence-electron chi connectivity index (χ1n) is 8.80. The highest BCUT2D eigenvalue weighted by Crippen LogP contribution is 2.22. The molecular formula is C18H26N4O2. The van der Waals surface area contributed by atoms with Gasteiger partial charge in [-0.05, 0) is 36.8 Å². The number of pyridine rings is 1. The number of nitrogens with one attached hydrogen (secondary N) is 1. The van der Waals surface area contributed by atoms with Gasteiger partial charge in [0.25, 0.3) is 0 Å². The van der Waals surface area contributed by atoms with E-state index in [1.807, 2.05) is 17.2 Å². The Bertz CT molecular complexity index is 570. The van der Waals surface area contributed by atoms with Crippen molar-refractivity contribution in [1.82, 2.24) is 20.1 Å². The van der Waals surface area contributed by atoms with Crippen molar-refractivity contribution in [3.05, 3.63) is 30.1 Å². The normalized spacial score (nSPS) is 22.5. The number of aromatic nitrogens is 1. The van der Waals surface area contributed by atoms with Gasteiger partial charge in [0.2, 0.25) is 11.8 Å². The number of rotatable bonds is 3. The third kappa shape index (κ3) is 4.12. The van der Waals surface area contributed by atoms with Crippen molar-refractivity contribution in [2.45, 2.75) is 32.2 Å². The van der Waals surface area contributed by atoms with Gasteiger partial charge in [-0.3, -0.25) is 14.6 Å². The van der Waals surface area contributed by atoms with Gasteiger partial charge in [-0.2, -0.15) is 0 Å². The van der Waals surface area contributed by atoms with Gasteiger partial charge in [0.05, 0.1) is 0 Å². The zero-order chi connectivity index (χ0) is 16.9. The molecule has 2 aliphatic rings. The van der Waals surface area contributed by atoms with Crippen LogP contribution in [0.3, 0.4) is 0 Å². The molecule has 3 heterocycles. The van der Waals surface area contributed by atoms with Gasteiger partial charge in [0, 0.05) is 52.0 Å². The van der Waals surface area contributed by atoms with Crippen molar-refractivity contribution in [3.63, 3.8) is 0 Å².